The number of nitrogens with two attached hydrogens (primary N) is 1. The normalized spacial score (nSPS) is 20.7. The zero-order chi connectivity index (χ0) is 27.1. The molecule has 8 heteroatoms. The van der Waals surface area contributed by atoms with Crippen LogP contribution in [0, 0.1) is 0 Å². The largest absolute Gasteiger partial charge is 0.374 e. The van der Waals surface area contributed by atoms with Crippen molar-refractivity contribution in [2.45, 2.75) is 44.2 Å². The Balaban J connectivity index is 1.28. The van der Waals surface area contributed by atoms with Crippen LogP contribution < -0.4 is 5.73 Å². The zero-order valence-corrected chi connectivity index (χ0v) is 22.1. The first-order valence-corrected chi connectivity index (χ1v) is 13.4. The number of benzene rings is 3. The van der Waals surface area contributed by atoms with E-state index in [0.29, 0.717) is 38.0 Å². The van der Waals surface area contributed by atoms with Gasteiger partial charge in [0.1, 0.15) is 36.4 Å². The number of nitrogen functional groups attached to an aromatic ring is 1. The Kier molecular flexibility index (Phi) is 8.11. The van der Waals surface area contributed by atoms with E-state index in [9.17, 15) is 0 Å². The molecule has 3 heterocycles. The summed E-state index contributed by atoms with van der Waals surface area (Å²) in [6.07, 6.45) is 1.81. The molecule has 204 valence electrons. The fraction of sp³-hybridized carbons (Fsp3) is 0.250. The minimum atomic E-state index is -0.420. The van der Waals surface area contributed by atoms with Gasteiger partial charge < -0.3 is 24.7 Å². The second kappa shape index (κ2) is 12.4. The lowest BCUT2D eigenvalue weighted by molar-refractivity contribution is -0.0898. The van der Waals surface area contributed by atoms with Crippen molar-refractivity contribution in [2.24, 2.45) is 0 Å². The van der Waals surface area contributed by atoms with Crippen molar-refractivity contribution >= 4 is 11.6 Å². The maximum Gasteiger partial charge on any atom is 0.207 e. The van der Waals surface area contributed by atoms with Gasteiger partial charge in [-0.05, 0) is 22.8 Å². The molecule has 3 aromatic carbocycles. The van der Waals surface area contributed by atoms with E-state index in [2.05, 4.69) is 22.1 Å². The number of hydrogen-bond acceptors (Lipinski definition) is 7. The molecule has 2 N–H and O–H groups in total. The van der Waals surface area contributed by atoms with Crippen LogP contribution in [0.2, 0.25) is 0 Å². The summed E-state index contributed by atoms with van der Waals surface area (Å²) in [5.41, 5.74) is 11.0. The van der Waals surface area contributed by atoms with Gasteiger partial charge in [0.15, 0.2) is 0 Å². The lowest BCUT2D eigenvalue weighted by atomic mass is 10.0. The van der Waals surface area contributed by atoms with Crippen molar-refractivity contribution in [3.05, 3.63) is 132 Å². The quantitative estimate of drug-likeness (QED) is 0.250. The number of aromatic nitrogens is 3. The van der Waals surface area contributed by atoms with Gasteiger partial charge in [0.25, 0.3) is 0 Å². The summed E-state index contributed by atoms with van der Waals surface area (Å²) < 4.78 is 27.7. The Bertz CT molecular complexity index is 1500. The molecule has 0 saturated carbocycles. The van der Waals surface area contributed by atoms with Crippen LogP contribution in [0.1, 0.15) is 28.4 Å². The van der Waals surface area contributed by atoms with Gasteiger partial charge in [-0.25, -0.2) is 9.97 Å². The first kappa shape index (κ1) is 26.2. The van der Waals surface area contributed by atoms with Gasteiger partial charge >= 0.3 is 0 Å². The van der Waals surface area contributed by atoms with Gasteiger partial charge in [-0.15, -0.1) is 0 Å². The molecule has 0 bridgehead atoms. The molecule has 4 atom stereocenters. The fourth-order valence-corrected chi connectivity index (χ4v) is 5.03. The summed E-state index contributed by atoms with van der Waals surface area (Å²) in [5.74, 6) is 0.357. The van der Waals surface area contributed by atoms with E-state index in [-0.39, 0.29) is 12.2 Å². The Morgan fingerprint density at radius 1 is 0.725 bits per heavy atom. The first-order chi connectivity index (χ1) is 19.7. The van der Waals surface area contributed by atoms with E-state index in [1.54, 1.807) is 4.40 Å². The molecule has 40 heavy (non-hydrogen) atoms. The summed E-state index contributed by atoms with van der Waals surface area (Å²) >= 11 is 0. The lowest BCUT2D eigenvalue weighted by Crippen LogP contribution is -2.37. The maximum absolute atomic E-state index is 6.68. The van der Waals surface area contributed by atoms with Crippen LogP contribution in [0.15, 0.2) is 110 Å². The van der Waals surface area contributed by atoms with Gasteiger partial charge in [-0.3, -0.25) is 4.40 Å². The predicted octanol–water partition coefficient (Wildman–Crippen LogP) is 5.14. The van der Waals surface area contributed by atoms with E-state index in [1.807, 2.05) is 91.1 Å². The SMILES string of the molecule is Nc1ncnc2cc([C@@H]3O[C@H](COCc4ccccc4)[C@H](OCc4ccccc4)[C@H]3OCc3ccccc3)cn12. The Hall–Kier alpha value is -4.08. The van der Waals surface area contributed by atoms with E-state index < -0.39 is 12.2 Å². The number of nitrogens with zero attached hydrogens (tertiary/aromatic N) is 3. The van der Waals surface area contributed by atoms with Gasteiger partial charge in [-0.1, -0.05) is 91.0 Å². The van der Waals surface area contributed by atoms with Crippen molar-refractivity contribution in [3.8, 4) is 0 Å². The molecule has 0 radical (unpaired) electrons. The minimum absolute atomic E-state index is 0.353. The second-order valence-corrected chi connectivity index (χ2v) is 9.85. The molecule has 0 aliphatic carbocycles. The van der Waals surface area contributed by atoms with Crippen molar-refractivity contribution < 1.29 is 18.9 Å². The fourth-order valence-electron chi connectivity index (χ4n) is 5.03. The highest BCUT2D eigenvalue weighted by molar-refractivity contribution is 5.48. The van der Waals surface area contributed by atoms with Crippen molar-refractivity contribution in [1.29, 1.82) is 0 Å². The van der Waals surface area contributed by atoms with Crippen LogP contribution in [0.25, 0.3) is 5.65 Å². The van der Waals surface area contributed by atoms with Crippen LogP contribution in [0.3, 0.4) is 0 Å². The molecule has 2 aromatic heterocycles. The summed E-state index contributed by atoms with van der Waals surface area (Å²) in [6, 6.07) is 32.3. The lowest BCUT2D eigenvalue weighted by Gasteiger charge is -2.25. The average molecular weight is 537 g/mol. The molecular weight excluding hydrogens is 504 g/mol. The van der Waals surface area contributed by atoms with Gasteiger partial charge in [0.2, 0.25) is 5.95 Å². The molecule has 0 spiro atoms. The maximum atomic E-state index is 6.68. The molecule has 1 aliphatic rings. The predicted molar refractivity (Wildman–Crippen MR) is 151 cm³/mol. The Morgan fingerprint density at radius 2 is 1.30 bits per heavy atom. The number of rotatable bonds is 11. The molecule has 0 unspecified atom stereocenters. The van der Waals surface area contributed by atoms with Crippen LogP contribution in [-0.4, -0.2) is 39.3 Å². The highest BCUT2D eigenvalue weighted by Gasteiger charge is 2.47. The highest BCUT2D eigenvalue weighted by Crippen LogP contribution is 2.39. The smallest absolute Gasteiger partial charge is 0.207 e. The highest BCUT2D eigenvalue weighted by atomic mass is 16.6. The third kappa shape index (κ3) is 6.05. The van der Waals surface area contributed by atoms with Crippen LogP contribution in [-0.2, 0) is 38.8 Å². The monoisotopic (exact) mass is 536 g/mol. The minimum Gasteiger partial charge on any atom is -0.374 e. The standard InChI is InChI=1S/C32H32N4O4/c33-32-35-22-34-28-16-26(17-36(28)32)29-31(39-20-25-14-8-3-9-15-25)30(38-19-24-12-6-2-7-13-24)27(40-29)21-37-18-23-10-4-1-5-11-23/h1-17,22,27,29-31H,18-21H2,(H2,33,34,35)/t27-,29+,30+,31+/m1/s1. The number of ether oxygens (including phenoxy) is 4. The Labute approximate surface area is 233 Å². The second-order valence-electron chi connectivity index (χ2n) is 9.85. The molecule has 8 nitrogen and oxygen atoms in total. The number of anilines is 1. The summed E-state index contributed by atoms with van der Waals surface area (Å²) in [4.78, 5) is 8.49. The van der Waals surface area contributed by atoms with Crippen LogP contribution >= 0.6 is 0 Å². The topological polar surface area (TPSA) is 93.1 Å². The van der Waals surface area contributed by atoms with E-state index in [4.69, 9.17) is 24.7 Å². The zero-order valence-electron chi connectivity index (χ0n) is 22.1. The molecular formula is C32H32N4O4. The molecule has 5 aromatic rings. The third-order valence-electron chi connectivity index (χ3n) is 7.05. The van der Waals surface area contributed by atoms with Crippen LogP contribution in [0.4, 0.5) is 5.95 Å². The summed E-state index contributed by atoms with van der Waals surface area (Å²) in [7, 11) is 0. The van der Waals surface area contributed by atoms with Gasteiger partial charge in [0.05, 0.1) is 26.4 Å². The number of fused-ring (bicyclic) bond motifs is 1. The molecule has 1 aliphatic heterocycles. The molecule has 1 saturated heterocycles. The van der Waals surface area contributed by atoms with Crippen molar-refractivity contribution in [2.75, 3.05) is 12.3 Å². The third-order valence-corrected chi connectivity index (χ3v) is 7.05. The first-order valence-electron chi connectivity index (χ1n) is 13.4. The van der Waals surface area contributed by atoms with Crippen molar-refractivity contribution in [1.82, 2.24) is 14.4 Å². The number of hydrogen-bond donors (Lipinski definition) is 1. The van der Waals surface area contributed by atoms with Gasteiger partial charge in [-0.2, -0.15) is 0 Å². The van der Waals surface area contributed by atoms with Crippen LogP contribution in [0.5, 0.6) is 0 Å². The van der Waals surface area contributed by atoms with Gasteiger partial charge in [0, 0.05) is 11.8 Å². The summed E-state index contributed by atoms with van der Waals surface area (Å²) in [6.45, 7) is 1.68. The van der Waals surface area contributed by atoms with E-state index in [0.717, 1.165) is 22.3 Å². The molecule has 6 rings (SSSR count). The van der Waals surface area contributed by atoms with Crippen molar-refractivity contribution in [3.63, 3.8) is 0 Å². The summed E-state index contributed by atoms with van der Waals surface area (Å²) in [5, 5.41) is 0. The molecule has 0 amide bonds. The van der Waals surface area contributed by atoms with E-state index >= 15 is 0 Å². The Morgan fingerprint density at radius 3 is 1.90 bits per heavy atom. The molecule has 1 fully saturated rings. The average Bonchev–Trinajstić information content (AvgIpc) is 3.59. The van der Waals surface area contributed by atoms with E-state index in [1.165, 1.54) is 6.33 Å².